The lowest BCUT2D eigenvalue weighted by molar-refractivity contribution is -0.142. The molecule has 1 saturated heterocycles. The van der Waals surface area contributed by atoms with Crippen molar-refractivity contribution in [3.8, 4) is 11.5 Å². The average molecular weight is 726 g/mol. The monoisotopic (exact) mass is 725 g/mol. The summed E-state index contributed by atoms with van der Waals surface area (Å²) in [5.41, 5.74) is 3.67. The number of nitrogens with two attached hydrogens (primary N) is 1. The van der Waals surface area contributed by atoms with E-state index in [1.165, 1.54) is 15.8 Å². The van der Waals surface area contributed by atoms with Crippen LogP contribution in [-0.4, -0.2) is 73.7 Å². The molecule has 0 bridgehead atoms. The van der Waals surface area contributed by atoms with Gasteiger partial charge in [-0.3, -0.25) is 14.4 Å². The molecule has 4 amide bonds. The number of primary amides is 1. The maximum atomic E-state index is 14.8. The zero-order valence-corrected chi connectivity index (χ0v) is 31.1. The van der Waals surface area contributed by atoms with Gasteiger partial charge in [-0.1, -0.05) is 76.2 Å². The second kappa shape index (κ2) is 15.5. The van der Waals surface area contributed by atoms with Crippen molar-refractivity contribution in [3.63, 3.8) is 0 Å². The number of nitrogens with zero attached hydrogens (tertiary/aromatic N) is 4. The fraction of sp³-hybridized carbons (Fsp3) is 0.486. The van der Waals surface area contributed by atoms with E-state index in [1.54, 1.807) is 116 Å². The highest BCUT2D eigenvalue weighted by atomic mass is 31.2. The number of hydrogen-bond donors (Lipinski definition) is 3. The molecule has 0 aliphatic carbocycles. The van der Waals surface area contributed by atoms with E-state index in [-0.39, 0.29) is 30.2 Å². The van der Waals surface area contributed by atoms with Crippen molar-refractivity contribution in [2.75, 3.05) is 6.54 Å². The first kappa shape index (κ1) is 38.9. The fourth-order valence-electron chi connectivity index (χ4n) is 5.55. The molecule has 276 valence electrons. The van der Waals surface area contributed by atoms with Crippen molar-refractivity contribution in [3.05, 3.63) is 72.6 Å². The van der Waals surface area contributed by atoms with Crippen LogP contribution in [-0.2, 0) is 18.9 Å². The zero-order valence-electron chi connectivity index (χ0n) is 30.2. The van der Waals surface area contributed by atoms with Crippen LogP contribution < -0.4 is 25.4 Å². The van der Waals surface area contributed by atoms with Gasteiger partial charge in [0.05, 0.1) is 12.2 Å². The SMILES string of the molecule is CC(C)C(NC(=O)[C@@H]1C[C@@H](n2cc(C(N)=O)nn2)CN1C(=O)[C@@H](NC(=O)OC(C)(C)C)C(C)(C)C)P(=O)(Oc1ccccc1)Oc1ccccc1. The highest BCUT2D eigenvalue weighted by Gasteiger charge is 2.49. The smallest absolute Gasteiger partial charge is 0.444 e. The Morgan fingerprint density at radius 3 is 1.90 bits per heavy atom. The molecule has 15 nitrogen and oxygen atoms in total. The maximum absolute atomic E-state index is 14.8. The van der Waals surface area contributed by atoms with E-state index in [0.29, 0.717) is 0 Å². The summed E-state index contributed by atoms with van der Waals surface area (Å²) in [6.07, 6.45) is 0.589. The van der Waals surface area contributed by atoms with Crippen LogP contribution in [0.15, 0.2) is 66.9 Å². The van der Waals surface area contributed by atoms with Gasteiger partial charge in [-0.25, -0.2) is 14.0 Å². The van der Waals surface area contributed by atoms with Crippen LogP contribution in [0.5, 0.6) is 11.5 Å². The average Bonchev–Trinajstić information content (AvgIpc) is 3.70. The van der Waals surface area contributed by atoms with Crippen LogP contribution in [0.2, 0.25) is 0 Å². The van der Waals surface area contributed by atoms with Crippen LogP contribution in [0.25, 0.3) is 0 Å². The number of hydrogen-bond acceptors (Lipinski definition) is 10. The molecule has 16 heteroatoms. The van der Waals surface area contributed by atoms with Crippen LogP contribution in [0.4, 0.5) is 4.79 Å². The summed E-state index contributed by atoms with van der Waals surface area (Å²) in [5, 5.41) is 13.4. The number of aromatic nitrogens is 3. The third-order valence-electron chi connectivity index (χ3n) is 7.99. The topological polar surface area (TPSA) is 197 Å². The Kier molecular flexibility index (Phi) is 11.9. The third-order valence-corrected chi connectivity index (χ3v) is 10.3. The number of amides is 4. The van der Waals surface area contributed by atoms with Gasteiger partial charge in [0.1, 0.15) is 29.2 Å². The number of carbonyl (C=O) groups excluding carboxylic acids is 4. The van der Waals surface area contributed by atoms with Crippen LogP contribution in [0, 0.1) is 11.3 Å². The predicted molar refractivity (Wildman–Crippen MR) is 189 cm³/mol. The number of likely N-dealkylation sites (tertiary alicyclic amines) is 1. The normalized spacial score (nSPS) is 17.7. The first-order valence-corrected chi connectivity index (χ1v) is 18.3. The van der Waals surface area contributed by atoms with Gasteiger partial charge in [0.25, 0.3) is 5.91 Å². The summed E-state index contributed by atoms with van der Waals surface area (Å²) < 4.78 is 33.8. The van der Waals surface area contributed by atoms with E-state index < -0.39 is 72.3 Å². The summed E-state index contributed by atoms with van der Waals surface area (Å²) in [6.45, 7) is 13.9. The number of benzene rings is 2. The summed E-state index contributed by atoms with van der Waals surface area (Å²) in [7, 11) is -4.22. The molecule has 1 aliphatic rings. The molecule has 2 heterocycles. The molecule has 0 radical (unpaired) electrons. The summed E-state index contributed by atoms with van der Waals surface area (Å²) in [4.78, 5) is 54.9. The number of para-hydroxylation sites is 2. The lowest BCUT2D eigenvalue weighted by Crippen LogP contribution is -2.59. The fourth-order valence-corrected chi connectivity index (χ4v) is 7.66. The molecule has 0 spiro atoms. The van der Waals surface area contributed by atoms with E-state index in [9.17, 15) is 23.7 Å². The molecule has 0 saturated carbocycles. The number of ether oxygens (including phenoxy) is 1. The van der Waals surface area contributed by atoms with E-state index in [0.717, 1.165) is 0 Å². The molecule has 2 aromatic carbocycles. The standard InChI is InChI=1S/C35H48N7O8P/c1-22(2)31(51(47,49-24-15-11-9-12-16-24)50-25-17-13-10-14-18-25)38-30(44)27-19-23(42-21-26(29(36)43)39-40-42)20-41(27)32(45)28(34(3,4)5)37-33(46)48-35(6,7)8/h9-18,21-23,27-28,31H,19-20H2,1-8H3,(H2,36,43)(H,37,46)(H,38,44)/t23-,27+,28-,31?/m1/s1. The van der Waals surface area contributed by atoms with E-state index in [4.69, 9.17) is 19.5 Å². The largest absolute Gasteiger partial charge is 0.453 e. The van der Waals surface area contributed by atoms with Gasteiger partial charge < -0.3 is 35.1 Å². The Morgan fingerprint density at radius 1 is 0.902 bits per heavy atom. The first-order valence-electron chi connectivity index (χ1n) is 16.7. The highest BCUT2D eigenvalue weighted by Crippen LogP contribution is 2.54. The second-order valence-corrected chi connectivity index (χ2v) is 16.8. The number of carbonyl (C=O) groups is 4. The lowest BCUT2D eigenvalue weighted by atomic mass is 9.85. The highest BCUT2D eigenvalue weighted by molar-refractivity contribution is 7.55. The molecule has 1 fully saturated rings. The maximum Gasteiger partial charge on any atom is 0.453 e. The molecule has 1 aromatic heterocycles. The summed E-state index contributed by atoms with van der Waals surface area (Å²) in [5.74, 6) is -3.09. The molecule has 4 N–H and O–H groups in total. The van der Waals surface area contributed by atoms with Gasteiger partial charge in [-0.05, 0) is 56.4 Å². The van der Waals surface area contributed by atoms with Crippen LogP contribution in [0.1, 0.15) is 78.3 Å². The Labute approximate surface area is 298 Å². The minimum absolute atomic E-state index is 0.0356. The minimum Gasteiger partial charge on any atom is -0.444 e. The third kappa shape index (κ3) is 10.1. The minimum atomic E-state index is -4.22. The molecule has 1 unspecified atom stereocenters. The van der Waals surface area contributed by atoms with Crippen molar-refractivity contribution in [1.29, 1.82) is 0 Å². The van der Waals surface area contributed by atoms with E-state index in [1.807, 2.05) is 0 Å². The van der Waals surface area contributed by atoms with Gasteiger partial charge in [0, 0.05) is 13.0 Å². The van der Waals surface area contributed by atoms with Gasteiger partial charge in [0.2, 0.25) is 11.8 Å². The summed E-state index contributed by atoms with van der Waals surface area (Å²) >= 11 is 0. The Morgan fingerprint density at radius 2 is 1.45 bits per heavy atom. The molecule has 51 heavy (non-hydrogen) atoms. The molecular weight excluding hydrogens is 677 g/mol. The first-order chi connectivity index (χ1) is 23.8. The van der Waals surface area contributed by atoms with Crippen molar-refractivity contribution >= 4 is 31.4 Å². The molecule has 4 rings (SSSR count). The van der Waals surface area contributed by atoms with E-state index >= 15 is 0 Å². The van der Waals surface area contributed by atoms with Crippen molar-refractivity contribution < 1.29 is 37.5 Å². The molecule has 1 aliphatic heterocycles. The molecule has 3 aromatic rings. The number of nitrogens with one attached hydrogen (secondary N) is 2. The van der Waals surface area contributed by atoms with Gasteiger partial charge in [0.15, 0.2) is 11.5 Å². The molecular formula is C35H48N7O8P. The number of alkyl carbamates (subject to hydrolysis) is 1. The van der Waals surface area contributed by atoms with Gasteiger partial charge in [-0.15, -0.1) is 5.10 Å². The second-order valence-electron chi connectivity index (χ2n) is 14.8. The number of rotatable bonds is 12. The zero-order chi connectivity index (χ0) is 37.7. The van der Waals surface area contributed by atoms with Crippen LogP contribution in [0.3, 0.4) is 0 Å². The van der Waals surface area contributed by atoms with Gasteiger partial charge in [-0.2, -0.15) is 0 Å². The van der Waals surface area contributed by atoms with Crippen molar-refractivity contribution in [2.45, 2.75) is 91.3 Å². The Balaban J connectivity index is 1.71. The van der Waals surface area contributed by atoms with E-state index in [2.05, 4.69) is 20.9 Å². The Bertz CT molecular complexity index is 1690. The van der Waals surface area contributed by atoms with Crippen molar-refractivity contribution in [1.82, 2.24) is 30.5 Å². The quantitative estimate of drug-likeness (QED) is 0.216. The Hall–Kier alpha value is -4.91. The van der Waals surface area contributed by atoms with Crippen molar-refractivity contribution in [2.24, 2.45) is 17.1 Å². The lowest BCUT2D eigenvalue weighted by Gasteiger charge is -2.36. The summed E-state index contributed by atoms with van der Waals surface area (Å²) in [6, 6.07) is 14.1. The van der Waals surface area contributed by atoms with Gasteiger partial charge >= 0.3 is 13.7 Å². The predicted octanol–water partition coefficient (Wildman–Crippen LogP) is 4.91. The molecule has 4 atom stereocenters. The van der Waals surface area contributed by atoms with Crippen LogP contribution >= 0.6 is 7.60 Å².